The number of nitrogens with one attached hydrogen (secondary N) is 1. The second kappa shape index (κ2) is 6.89. The van der Waals surface area contributed by atoms with Crippen molar-refractivity contribution in [3.05, 3.63) is 29.3 Å². The molecule has 6 heteroatoms. The molecule has 2 aliphatic rings. The molecule has 1 unspecified atom stereocenters. The van der Waals surface area contributed by atoms with Gasteiger partial charge in [0.25, 0.3) is 0 Å². The molecule has 2 heterocycles. The average molecular weight is 336 g/mol. The van der Waals surface area contributed by atoms with Gasteiger partial charge in [0.05, 0.1) is 5.92 Å². The molecule has 0 spiro atoms. The first-order valence-corrected chi connectivity index (χ1v) is 8.48. The number of amides is 2. The lowest BCUT2D eigenvalue weighted by Gasteiger charge is -2.33. The predicted molar refractivity (Wildman–Crippen MR) is 90.6 cm³/mol. The molecule has 2 aliphatic heterocycles. The Hall–Kier alpha value is -1.59. The van der Waals surface area contributed by atoms with E-state index in [-0.39, 0.29) is 17.7 Å². The Morgan fingerprint density at radius 1 is 1.22 bits per heavy atom. The van der Waals surface area contributed by atoms with Crippen LogP contribution in [0.4, 0.5) is 5.69 Å². The van der Waals surface area contributed by atoms with Crippen LogP contribution in [0, 0.1) is 5.92 Å². The molecule has 2 amide bonds. The second-order valence-corrected chi connectivity index (χ2v) is 6.71. The summed E-state index contributed by atoms with van der Waals surface area (Å²) in [5.41, 5.74) is 0.809. The highest BCUT2D eigenvalue weighted by Crippen LogP contribution is 2.28. The van der Waals surface area contributed by atoms with Gasteiger partial charge in [-0.15, -0.1) is 0 Å². The highest BCUT2D eigenvalue weighted by atomic mass is 35.5. The Balaban J connectivity index is 1.63. The molecule has 0 saturated carbocycles. The van der Waals surface area contributed by atoms with Gasteiger partial charge in [0.15, 0.2) is 0 Å². The maximum atomic E-state index is 12.7. The number of halogens is 1. The average Bonchev–Trinajstić information content (AvgIpc) is 2.97. The summed E-state index contributed by atoms with van der Waals surface area (Å²) in [7, 11) is 1.96. The molecule has 2 fully saturated rings. The third kappa shape index (κ3) is 3.51. The van der Waals surface area contributed by atoms with E-state index in [1.807, 2.05) is 24.1 Å². The van der Waals surface area contributed by atoms with E-state index in [1.54, 1.807) is 17.0 Å². The maximum absolute atomic E-state index is 12.7. The minimum Gasteiger partial charge on any atom is -0.342 e. The van der Waals surface area contributed by atoms with E-state index in [2.05, 4.69) is 5.32 Å². The highest BCUT2D eigenvalue weighted by Gasteiger charge is 2.37. The third-order valence-corrected chi connectivity index (χ3v) is 5.08. The van der Waals surface area contributed by atoms with E-state index in [1.165, 1.54) is 0 Å². The van der Waals surface area contributed by atoms with Crippen LogP contribution in [0.15, 0.2) is 24.3 Å². The predicted octanol–water partition coefficient (Wildman–Crippen LogP) is 1.90. The zero-order chi connectivity index (χ0) is 16.4. The van der Waals surface area contributed by atoms with Crippen LogP contribution in [0.1, 0.15) is 19.3 Å². The Morgan fingerprint density at radius 3 is 2.48 bits per heavy atom. The normalized spacial score (nSPS) is 22.7. The van der Waals surface area contributed by atoms with E-state index >= 15 is 0 Å². The van der Waals surface area contributed by atoms with Crippen molar-refractivity contribution in [1.29, 1.82) is 0 Å². The molecule has 0 bridgehead atoms. The molecule has 124 valence electrons. The molecule has 0 aliphatic carbocycles. The molecule has 23 heavy (non-hydrogen) atoms. The fourth-order valence-corrected chi connectivity index (χ4v) is 3.52. The van der Waals surface area contributed by atoms with Crippen molar-refractivity contribution >= 4 is 29.1 Å². The largest absolute Gasteiger partial charge is 0.342 e. The van der Waals surface area contributed by atoms with E-state index < -0.39 is 0 Å². The number of rotatable bonds is 3. The SMILES string of the molecule is CNC1CCN(C(=O)C2CC(=O)N(c3ccc(Cl)cc3)C2)CC1. The molecule has 1 aromatic carbocycles. The number of carbonyl (C=O) groups excluding carboxylic acids is 2. The number of piperidine rings is 1. The van der Waals surface area contributed by atoms with Crippen LogP contribution in [-0.2, 0) is 9.59 Å². The highest BCUT2D eigenvalue weighted by molar-refractivity contribution is 6.30. The molecular weight excluding hydrogens is 314 g/mol. The smallest absolute Gasteiger partial charge is 0.228 e. The van der Waals surface area contributed by atoms with Crippen molar-refractivity contribution in [1.82, 2.24) is 10.2 Å². The molecule has 5 nitrogen and oxygen atoms in total. The van der Waals surface area contributed by atoms with Gasteiger partial charge < -0.3 is 15.1 Å². The first-order chi connectivity index (χ1) is 11.1. The lowest BCUT2D eigenvalue weighted by molar-refractivity contribution is -0.136. The number of likely N-dealkylation sites (tertiary alicyclic amines) is 1. The van der Waals surface area contributed by atoms with Gasteiger partial charge >= 0.3 is 0 Å². The van der Waals surface area contributed by atoms with E-state index in [0.717, 1.165) is 31.6 Å². The minimum atomic E-state index is -0.232. The molecule has 2 saturated heterocycles. The summed E-state index contributed by atoms with van der Waals surface area (Å²) in [6.07, 6.45) is 2.25. The van der Waals surface area contributed by atoms with Gasteiger partial charge in [0.1, 0.15) is 0 Å². The molecular formula is C17H22ClN3O2. The monoisotopic (exact) mass is 335 g/mol. The van der Waals surface area contributed by atoms with Crippen molar-refractivity contribution in [2.24, 2.45) is 5.92 Å². The molecule has 1 aromatic rings. The van der Waals surface area contributed by atoms with Gasteiger partial charge in [-0.05, 0) is 44.2 Å². The number of anilines is 1. The van der Waals surface area contributed by atoms with Gasteiger partial charge in [-0.1, -0.05) is 11.6 Å². The minimum absolute atomic E-state index is 0.00998. The van der Waals surface area contributed by atoms with Crippen molar-refractivity contribution in [3.8, 4) is 0 Å². The maximum Gasteiger partial charge on any atom is 0.228 e. The van der Waals surface area contributed by atoms with E-state index in [4.69, 9.17) is 11.6 Å². The Labute approximate surface area is 141 Å². The number of hydrogen-bond donors (Lipinski definition) is 1. The van der Waals surface area contributed by atoms with Crippen LogP contribution >= 0.6 is 11.6 Å². The number of carbonyl (C=O) groups is 2. The summed E-state index contributed by atoms with van der Waals surface area (Å²) in [4.78, 5) is 28.6. The molecule has 1 N–H and O–H groups in total. The zero-order valence-corrected chi connectivity index (χ0v) is 14.1. The first kappa shape index (κ1) is 16.3. The van der Waals surface area contributed by atoms with Crippen molar-refractivity contribution in [2.75, 3.05) is 31.6 Å². The number of benzene rings is 1. The van der Waals surface area contributed by atoms with E-state index in [9.17, 15) is 9.59 Å². The van der Waals surface area contributed by atoms with Crippen LogP contribution in [-0.4, -0.2) is 49.4 Å². The summed E-state index contributed by atoms with van der Waals surface area (Å²) in [6.45, 7) is 2.01. The van der Waals surface area contributed by atoms with Gasteiger partial charge in [0, 0.05) is 42.8 Å². The molecule has 0 aromatic heterocycles. The van der Waals surface area contributed by atoms with Gasteiger partial charge in [0.2, 0.25) is 11.8 Å². The lowest BCUT2D eigenvalue weighted by Crippen LogP contribution is -2.46. The van der Waals surface area contributed by atoms with Crippen molar-refractivity contribution in [2.45, 2.75) is 25.3 Å². The van der Waals surface area contributed by atoms with Crippen LogP contribution < -0.4 is 10.2 Å². The van der Waals surface area contributed by atoms with Gasteiger partial charge in [-0.3, -0.25) is 9.59 Å². The first-order valence-electron chi connectivity index (χ1n) is 8.10. The van der Waals surface area contributed by atoms with Gasteiger partial charge in [-0.25, -0.2) is 0 Å². The molecule has 0 radical (unpaired) electrons. The third-order valence-electron chi connectivity index (χ3n) is 4.83. The fourth-order valence-electron chi connectivity index (χ4n) is 3.39. The van der Waals surface area contributed by atoms with Crippen LogP contribution in [0.25, 0.3) is 0 Å². The van der Waals surface area contributed by atoms with Gasteiger partial charge in [-0.2, -0.15) is 0 Å². The van der Waals surface area contributed by atoms with Crippen LogP contribution in [0.5, 0.6) is 0 Å². The summed E-state index contributed by atoms with van der Waals surface area (Å²) >= 11 is 5.89. The standard InChI is InChI=1S/C17H22ClN3O2/c1-19-14-6-8-20(9-7-14)17(23)12-10-16(22)21(11-12)15-4-2-13(18)3-5-15/h2-5,12,14,19H,6-11H2,1H3. The number of hydrogen-bond acceptors (Lipinski definition) is 3. The molecule has 1 atom stereocenters. The number of nitrogens with zero attached hydrogens (tertiary/aromatic N) is 2. The lowest BCUT2D eigenvalue weighted by atomic mass is 10.0. The molecule has 3 rings (SSSR count). The topological polar surface area (TPSA) is 52.7 Å². The van der Waals surface area contributed by atoms with Crippen molar-refractivity contribution in [3.63, 3.8) is 0 Å². The Bertz CT molecular complexity index is 582. The van der Waals surface area contributed by atoms with E-state index in [0.29, 0.717) is 24.0 Å². The van der Waals surface area contributed by atoms with Crippen molar-refractivity contribution < 1.29 is 9.59 Å². The van der Waals surface area contributed by atoms with Crippen LogP contribution in [0.2, 0.25) is 5.02 Å². The fraction of sp³-hybridized carbons (Fsp3) is 0.529. The zero-order valence-electron chi connectivity index (χ0n) is 13.3. The summed E-state index contributed by atoms with van der Waals surface area (Å²) in [5, 5.41) is 3.90. The van der Waals surface area contributed by atoms with Crippen LogP contribution in [0.3, 0.4) is 0 Å². The Kier molecular flexibility index (Phi) is 4.87. The summed E-state index contributed by atoms with van der Waals surface area (Å²) in [5.74, 6) is -0.107. The Morgan fingerprint density at radius 2 is 1.87 bits per heavy atom. The summed E-state index contributed by atoms with van der Waals surface area (Å²) < 4.78 is 0. The quantitative estimate of drug-likeness (QED) is 0.918. The summed E-state index contributed by atoms with van der Waals surface area (Å²) in [6, 6.07) is 7.68. The second-order valence-electron chi connectivity index (χ2n) is 6.27.